The summed E-state index contributed by atoms with van der Waals surface area (Å²) in [6.07, 6.45) is 0. The molecule has 0 bridgehead atoms. The van der Waals surface area contributed by atoms with Crippen LogP contribution in [0.25, 0.3) is 0 Å². The van der Waals surface area contributed by atoms with Gasteiger partial charge in [0.25, 0.3) is 5.56 Å². The van der Waals surface area contributed by atoms with Crippen LogP contribution in [0.3, 0.4) is 0 Å². The number of nitrogens with two attached hydrogens (primary N) is 1. The Morgan fingerprint density at radius 1 is 1.33 bits per heavy atom. The number of rotatable bonds is 4. The molecule has 0 spiro atoms. The minimum Gasteiger partial charge on any atom is -0.383 e. The molecule has 21 heavy (non-hydrogen) atoms. The molecule has 1 atom stereocenters. The second kappa shape index (κ2) is 5.87. The van der Waals surface area contributed by atoms with Gasteiger partial charge >= 0.3 is 5.69 Å². The third-order valence-corrected chi connectivity index (χ3v) is 3.57. The largest absolute Gasteiger partial charge is 0.383 e. The van der Waals surface area contributed by atoms with E-state index in [1.165, 1.54) is 4.57 Å². The fraction of sp³-hybridized carbons (Fsp3) is 0.333. The van der Waals surface area contributed by atoms with Gasteiger partial charge in [0.15, 0.2) is 0 Å². The lowest BCUT2D eigenvalue weighted by molar-refractivity contribution is 0.703. The second-order valence-electron chi connectivity index (χ2n) is 4.99. The van der Waals surface area contributed by atoms with Gasteiger partial charge in [-0.25, -0.2) is 4.79 Å². The van der Waals surface area contributed by atoms with Crippen molar-refractivity contribution in [3.8, 4) is 0 Å². The van der Waals surface area contributed by atoms with Gasteiger partial charge in [-0.05, 0) is 31.9 Å². The Kier molecular flexibility index (Phi) is 4.16. The van der Waals surface area contributed by atoms with E-state index in [2.05, 4.69) is 10.3 Å². The van der Waals surface area contributed by atoms with Gasteiger partial charge in [0.1, 0.15) is 11.5 Å². The van der Waals surface area contributed by atoms with Gasteiger partial charge in [-0.1, -0.05) is 24.3 Å². The lowest BCUT2D eigenvalue weighted by Gasteiger charge is -2.19. The smallest absolute Gasteiger partial charge is 0.330 e. The molecule has 6 nitrogen and oxygen atoms in total. The number of hydrogen-bond donors (Lipinski definition) is 3. The van der Waals surface area contributed by atoms with E-state index in [1.807, 2.05) is 38.1 Å². The third-order valence-electron chi connectivity index (χ3n) is 3.57. The van der Waals surface area contributed by atoms with Crippen LogP contribution in [0, 0.1) is 6.92 Å². The van der Waals surface area contributed by atoms with Crippen LogP contribution in [0.2, 0.25) is 0 Å². The van der Waals surface area contributed by atoms with E-state index < -0.39 is 11.2 Å². The van der Waals surface area contributed by atoms with Gasteiger partial charge < -0.3 is 11.1 Å². The highest BCUT2D eigenvalue weighted by molar-refractivity contribution is 5.61. The monoisotopic (exact) mass is 288 g/mol. The van der Waals surface area contributed by atoms with Crippen molar-refractivity contribution in [3.05, 3.63) is 56.2 Å². The first-order valence-corrected chi connectivity index (χ1v) is 6.90. The Morgan fingerprint density at radius 3 is 2.62 bits per heavy atom. The number of benzene rings is 1. The molecule has 2 rings (SSSR count). The molecule has 0 saturated carbocycles. The summed E-state index contributed by atoms with van der Waals surface area (Å²) in [4.78, 5) is 25.9. The number of hydrogen-bond acceptors (Lipinski definition) is 4. The fourth-order valence-corrected chi connectivity index (χ4v) is 2.41. The van der Waals surface area contributed by atoms with Crippen molar-refractivity contribution in [2.24, 2.45) is 0 Å². The van der Waals surface area contributed by atoms with E-state index in [9.17, 15) is 9.59 Å². The molecule has 2 aromatic rings. The molecular formula is C15H20N4O2. The maximum atomic E-state index is 12.0. The summed E-state index contributed by atoms with van der Waals surface area (Å²) in [6, 6.07) is 7.81. The van der Waals surface area contributed by atoms with Gasteiger partial charge in [0.2, 0.25) is 0 Å². The van der Waals surface area contributed by atoms with Crippen LogP contribution in [0.5, 0.6) is 0 Å². The van der Waals surface area contributed by atoms with Crippen LogP contribution in [0.4, 0.5) is 11.5 Å². The topological polar surface area (TPSA) is 92.9 Å². The highest BCUT2D eigenvalue weighted by Gasteiger charge is 2.15. The van der Waals surface area contributed by atoms with Gasteiger partial charge in [-0.3, -0.25) is 14.3 Å². The minimum absolute atomic E-state index is 0.0996. The molecule has 0 radical (unpaired) electrons. The summed E-state index contributed by atoms with van der Waals surface area (Å²) in [5, 5.41) is 3.11. The summed E-state index contributed by atoms with van der Waals surface area (Å²) < 4.78 is 1.33. The van der Waals surface area contributed by atoms with Crippen molar-refractivity contribution >= 4 is 11.5 Å². The number of aromatic amines is 1. The molecule has 0 aliphatic carbocycles. The summed E-state index contributed by atoms with van der Waals surface area (Å²) in [6.45, 7) is 6.15. The molecule has 0 amide bonds. The highest BCUT2D eigenvalue weighted by atomic mass is 16.2. The number of H-pyrrole nitrogens is 1. The number of aryl methyl sites for hydroxylation is 1. The van der Waals surface area contributed by atoms with Crippen molar-refractivity contribution in [1.82, 2.24) is 9.55 Å². The Bertz CT molecular complexity index is 761. The Morgan fingerprint density at radius 2 is 2.00 bits per heavy atom. The van der Waals surface area contributed by atoms with Crippen LogP contribution >= 0.6 is 0 Å². The van der Waals surface area contributed by atoms with Crippen molar-refractivity contribution in [1.29, 1.82) is 0 Å². The van der Waals surface area contributed by atoms with Crippen molar-refractivity contribution in [2.75, 3.05) is 11.1 Å². The molecule has 6 heteroatoms. The Balaban J connectivity index is 2.43. The number of anilines is 2. The standard InChI is InChI=1S/C15H20N4O2/c1-4-19-13(16)12(14(20)18-15(19)21)17-10(3)11-8-6-5-7-9(11)2/h5-8,10,17H,4,16H2,1-3H3,(H,18,20,21). The van der Waals surface area contributed by atoms with Gasteiger partial charge in [0.05, 0.1) is 0 Å². The number of aromatic nitrogens is 2. The molecule has 1 aromatic carbocycles. The molecule has 1 unspecified atom stereocenters. The molecule has 1 heterocycles. The normalized spacial score (nSPS) is 12.1. The van der Waals surface area contributed by atoms with Crippen molar-refractivity contribution < 1.29 is 0 Å². The van der Waals surface area contributed by atoms with E-state index in [0.717, 1.165) is 11.1 Å². The Hall–Kier alpha value is -2.50. The van der Waals surface area contributed by atoms with E-state index in [-0.39, 0.29) is 17.5 Å². The predicted octanol–water partition coefficient (Wildman–Crippen LogP) is 1.62. The number of nitrogens with zero attached hydrogens (tertiary/aromatic N) is 1. The van der Waals surface area contributed by atoms with Crippen molar-refractivity contribution in [3.63, 3.8) is 0 Å². The van der Waals surface area contributed by atoms with E-state index in [0.29, 0.717) is 6.54 Å². The lowest BCUT2D eigenvalue weighted by atomic mass is 10.0. The zero-order chi connectivity index (χ0) is 15.6. The molecule has 4 N–H and O–H groups in total. The van der Waals surface area contributed by atoms with Crippen LogP contribution < -0.4 is 22.3 Å². The first-order chi connectivity index (χ1) is 9.95. The predicted molar refractivity (Wildman–Crippen MR) is 84.6 cm³/mol. The van der Waals surface area contributed by atoms with Gasteiger partial charge in [-0.2, -0.15) is 0 Å². The summed E-state index contributed by atoms with van der Waals surface area (Å²) in [5.41, 5.74) is 7.38. The maximum absolute atomic E-state index is 12.0. The van der Waals surface area contributed by atoms with Gasteiger partial charge in [0, 0.05) is 12.6 Å². The quantitative estimate of drug-likeness (QED) is 0.797. The summed E-state index contributed by atoms with van der Waals surface area (Å²) >= 11 is 0. The zero-order valence-corrected chi connectivity index (χ0v) is 12.4. The van der Waals surface area contributed by atoms with Crippen LogP contribution in [-0.2, 0) is 6.54 Å². The molecule has 0 aliphatic rings. The van der Waals surface area contributed by atoms with Crippen LogP contribution in [-0.4, -0.2) is 9.55 Å². The Labute approximate surface area is 122 Å². The summed E-state index contributed by atoms with van der Waals surface area (Å²) in [7, 11) is 0. The maximum Gasteiger partial charge on any atom is 0.330 e. The van der Waals surface area contributed by atoms with Crippen LogP contribution in [0.1, 0.15) is 31.0 Å². The molecular weight excluding hydrogens is 268 g/mol. The SMILES string of the molecule is CCn1c(N)c(NC(C)c2ccccc2C)c(=O)[nH]c1=O. The van der Waals surface area contributed by atoms with E-state index >= 15 is 0 Å². The second-order valence-corrected chi connectivity index (χ2v) is 4.99. The number of nitrogen functional groups attached to an aromatic ring is 1. The van der Waals surface area contributed by atoms with Crippen LogP contribution in [0.15, 0.2) is 33.9 Å². The van der Waals surface area contributed by atoms with Crippen molar-refractivity contribution in [2.45, 2.75) is 33.4 Å². The summed E-state index contributed by atoms with van der Waals surface area (Å²) in [5.74, 6) is 0.159. The lowest BCUT2D eigenvalue weighted by Crippen LogP contribution is -2.34. The van der Waals surface area contributed by atoms with Gasteiger partial charge in [-0.15, -0.1) is 0 Å². The first kappa shape index (κ1) is 14.9. The average Bonchev–Trinajstić information content (AvgIpc) is 2.44. The first-order valence-electron chi connectivity index (χ1n) is 6.90. The molecule has 0 saturated heterocycles. The third kappa shape index (κ3) is 2.84. The van der Waals surface area contributed by atoms with E-state index in [1.54, 1.807) is 6.92 Å². The minimum atomic E-state index is -0.498. The highest BCUT2D eigenvalue weighted by Crippen LogP contribution is 2.22. The fourth-order valence-electron chi connectivity index (χ4n) is 2.41. The molecule has 0 fully saturated rings. The average molecular weight is 288 g/mol. The molecule has 1 aromatic heterocycles. The zero-order valence-electron chi connectivity index (χ0n) is 12.4. The number of nitrogens with one attached hydrogen (secondary N) is 2. The molecule has 0 aliphatic heterocycles. The molecule has 112 valence electrons. The van der Waals surface area contributed by atoms with E-state index in [4.69, 9.17) is 5.73 Å².